The van der Waals surface area contributed by atoms with Crippen LogP contribution in [0.3, 0.4) is 0 Å². The van der Waals surface area contributed by atoms with E-state index in [0.29, 0.717) is 0 Å². The van der Waals surface area contributed by atoms with Crippen molar-refractivity contribution in [1.29, 1.82) is 0 Å². The summed E-state index contributed by atoms with van der Waals surface area (Å²) in [6.07, 6.45) is 0. The van der Waals surface area contributed by atoms with Gasteiger partial charge in [0.15, 0.2) is 0 Å². The monoisotopic (exact) mass is 376 g/mol. The van der Waals surface area contributed by atoms with Crippen LogP contribution in [0.5, 0.6) is 0 Å². The van der Waals surface area contributed by atoms with Crippen molar-refractivity contribution < 1.29 is 14.7 Å². The van der Waals surface area contributed by atoms with Gasteiger partial charge in [-0.3, -0.25) is 0 Å². The SMILES string of the molecule is Cc1ccc(P(O)(O)(O)c2ccc(C)cc2C(C)(C)C)c(C(C)(C)C)c1. The number of hydrogen-bond donors (Lipinski definition) is 3. The summed E-state index contributed by atoms with van der Waals surface area (Å²) in [7, 11) is -5.31. The summed E-state index contributed by atoms with van der Waals surface area (Å²) in [5, 5.41) is 0.451. The molecule has 0 radical (unpaired) electrons. The van der Waals surface area contributed by atoms with Gasteiger partial charge in [-0.05, 0) is 0 Å². The summed E-state index contributed by atoms with van der Waals surface area (Å²) in [5.74, 6) is 0. The van der Waals surface area contributed by atoms with Gasteiger partial charge in [0.05, 0.1) is 0 Å². The van der Waals surface area contributed by atoms with Crippen LogP contribution in [0.25, 0.3) is 0 Å². The van der Waals surface area contributed by atoms with E-state index in [4.69, 9.17) is 0 Å². The zero-order chi connectivity index (χ0) is 20.2. The molecule has 0 spiro atoms. The van der Waals surface area contributed by atoms with Gasteiger partial charge < -0.3 is 0 Å². The first-order valence-electron chi connectivity index (χ1n) is 9.02. The van der Waals surface area contributed by atoms with Crippen molar-refractivity contribution in [2.24, 2.45) is 0 Å². The molecule has 0 aliphatic heterocycles. The fourth-order valence-corrected chi connectivity index (χ4v) is 5.99. The van der Waals surface area contributed by atoms with Crippen LogP contribution >= 0.6 is 7.28 Å². The molecule has 0 unspecified atom stereocenters. The summed E-state index contributed by atoms with van der Waals surface area (Å²) in [4.78, 5) is 34.3. The average Bonchev–Trinajstić information content (AvgIpc) is 2.44. The molecule has 3 N–H and O–H groups in total. The molecule has 0 heterocycles. The van der Waals surface area contributed by atoms with E-state index < -0.39 is 7.28 Å². The van der Waals surface area contributed by atoms with E-state index in [-0.39, 0.29) is 21.4 Å². The molecule has 2 aromatic rings. The second-order valence-corrected chi connectivity index (χ2v) is 12.4. The summed E-state index contributed by atoms with van der Waals surface area (Å²) in [5.41, 5.74) is 2.86. The Morgan fingerprint density at radius 2 is 0.923 bits per heavy atom. The van der Waals surface area contributed by atoms with Crippen molar-refractivity contribution in [3.63, 3.8) is 0 Å². The average molecular weight is 376 g/mol. The Morgan fingerprint density at radius 1 is 0.615 bits per heavy atom. The molecule has 2 rings (SSSR count). The molecule has 0 aliphatic rings. The molecule has 0 aliphatic carbocycles. The zero-order valence-corrected chi connectivity index (χ0v) is 18.1. The Kier molecular flexibility index (Phi) is 4.97. The standard InChI is InChI=1S/C22H33O3P/c1-15-9-11-19(17(13-15)21(3,4)5)26(23,24,25)20-12-10-16(2)14-18(20)22(6,7)8/h9-14,23-25H,1-8H3. The van der Waals surface area contributed by atoms with Crippen molar-refractivity contribution >= 4 is 17.9 Å². The third-order valence-electron chi connectivity index (χ3n) is 4.81. The molecule has 0 aromatic heterocycles. The van der Waals surface area contributed by atoms with Crippen LogP contribution in [0, 0.1) is 13.8 Å². The number of benzene rings is 2. The predicted octanol–water partition coefficient (Wildman–Crippen LogP) is 4.12. The van der Waals surface area contributed by atoms with Crippen LogP contribution in [-0.2, 0) is 10.8 Å². The van der Waals surface area contributed by atoms with E-state index >= 15 is 0 Å². The third kappa shape index (κ3) is 3.87. The van der Waals surface area contributed by atoms with Crippen molar-refractivity contribution in [3.8, 4) is 0 Å². The van der Waals surface area contributed by atoms with Crippen molar-refractivity contribution in [3.05, 3.63) is 58.7 Å². The molecule has 0 fully saturated rings. The van der Waals surface area contributed by atoms with E-state index in [1.54, 1.807) is 12.1 Å². The molecule has 3 nitrogen and oxygen atoms in total. The number of rotatable bonds is 2. The first kappa shape index (κ1) is 21.1. The van der Waals surface area contributed by atoms with Crippen molar-refractivity contribution in [2.45, 2.75) is 66.2 Å². The van der Waals surface area contributed by atoms with Gasteiger partial charge in [-0.15, -0.1) is 0 Å². The Morgan fingerprint density at radius 3 is 1.19 bits per heavy atom. The van der Waals surface area contributed by atoms with Gasteiger partial charge in [-0.25, -0.2) is 0 Å². The second kappa shape index (κ2) is 6.14. The second-order valence-electron chi connectivity index (χ2n) is 9.52. The van der Waals surface area contributed by atoms with Crippen LogP contribution in [0.1, 0.15) is 63.8 Å². The van der Waals surface area contributed by atoms with Crippen molar-refractivity contribution in [2.75, 3.05) is 0 Å². The van der Waals surface area contributed by atoms with Gasteiger partial charge in [-0.2, -0.15) is 0 Å². The molecule has 0 bridgehead atoms. The van der Waals surface area contributed by atoms with Gasteiger partial charge in [0.2, 0.25) is 0 Å². The summed E-state index contributed by atoms with van der Waals surface area (Å²) in [6, 6.07) is 10.8. The quantitative estimate of drug-likeness (QED) is 0.691. The first-order valence-corrected chi connectivity index (χ1v) is 11.1. The molecule has 0 amide bonds. The van der Waals surface area contributed by atoms with E-state index in [9.17, 15) is 14.7 Å². The topological polar surface area (TPSA) is 60.7 Å². The van der Waals surface area contributed by atoms with E-state index in [1.807, 2.05) is 79.7 Å². The number of aryl methyl sites for hydroxylation is 2. The molecule has 0 saturated carbocycles. The fourth-order valence-electron chi connectivity index (χ4n) is 3.35. The van der Waals surface area contributed by atoms with Crippen molar-refractivity contribution in [1.82, 2.24) is 0 Å². The van der Waals surface area contributed by atoms with Crippen LogP contribution < -0.4 is 10.6 Å². The van der Waals surface area contributed by atoms with E-state index in [0.717, 1.165) is 22.3 Å². The summed E-state index contributed by atoms with van der Waals surface area (Å²) in [6.45, 7) is 16.0. The first-order chi connectivity index (χ1) is 11.5. The molecule has 26 heavy (non-hydrogen) atoms. The maximum absolute atomic E-state index is 11.4. The number of hydrogen-bond acceptors (Lipinski definition) is 3. The Labute approximate surface area is 157 Å². The summed E-state index contributed by atoms with van der Waals surface area (Å²) < 4.78 is 0. The van der Waals surface area contributed by atoms with E-state index in [2.05, 4.69) is 0 Å². The Bertz CT molecular complexity index is 764. The van der Waals surface area contributed by atoms with Gasteiger partial charge in [0.25, 0.3) is 0 Å². The maximum atomic E-state index is 11.4. The van der Waals surface area contributed by atoms with Gasteiger partial charge in [-0.1, -0.05) is 0 Å². The Balaban J connectivity index is 2.90. The van der Waals surface area contributed by atoms with Gasteiger partial charge in [0, 0.05) is 0 Å². The van der Waals surface area contributed by atoms with Crippen LogP contribution in [0.2, 0.25) is 0 Å². The minimum absolute atomic E-state index is 0.225. The van der Waals surface area contributed by atoms with Gasteiger partial charge in [0.1, 0.15) is 0 Å². The normalized spacial score (nSPS) is 14.8. The molecular formula is C22H33O3P. The predicted molar refractivity (Wildman–Crippen MR) is 113 cm³/mol. The molecular weight excluding hydrogens is 343 g/mol. The van der Waals surface area contributed by atoms with Crippen LogP contribution in [0.4, 0.5) is 0 Å². The fraction of sp³-hybridized carbons (Fsp3) is 0.455. The third-order valence-corrected chi connectivity index (χ3v) is 7.36. The zero-order valence-electron chi connectivity index (χ0n) is 17.3. The minimum atomic E-state index is -5.31. The molecule has 0 saturated heterocycles. The Hall–Kier alpha value is -1.25. The van der Waals surface area contributed by atoms with Crippen LogP contribution in [0.15, 0.2) is 36.4 Å². The van der Waals surface area contributed by atoms with Crippen LogP contribution in [-0.4, -0.2) is 14.7 Å². The summed E-state index contributed by atoms with van der Waals surface area (Å²) >= 11 is 0. The molecule has 2 aromatic carbocycles. The molecule has 4 heteroatoms. The van der Waals surface area contributed by atoms with Gasteiger partial charge >= 0.3 is 157 Å². The molecule has 0 atom stereocenters. The van der Waals surface area contributed by atoms with E-state index in [1.165, 1.54) is 0 Å². The molecule has 144 valence electrons.